The Kier molecular flexibility index (Phi) is 4.25. The predicted octanol–water partition coefficient (Wildman–Crippen LogP) is 2.65. The van der Waals surface area contributed by atoms with E-state index in [1.165, 1.54) is 22.2 Å². The van der Waals surface area contributed by atoms with Crippen LogP contribution in [0, 0.1) is 0 Å². The molecule has 3 rings (SSSR count). The minimum absolute atomic E-state index is 0.0238. The molecule has 0 aliphatic carbocycles. The highest BCUT2D eigenvalue weighted by Gasteiger charge is 2.14. The zero-order chi connectivity index (χ0) is 16.4. The SMILES string of the molecule is CC(C)NC(=O)Cn1cnc2scc(-c3ccccc3)c2c1=O. The summed E-state index contributed by atoms with van der Waals surface area (Å²) in [5.41, 5.74) is 1.65. The van der Waals surface area contributed by atoms with Crippen LogP contribution in [0.15, 0.2) is 46.8 Å². The molecule has 23 heavy (non-hydrogen) atoms. The van der Waals surface area contributed by atoms with E-state index in [9.17, 15) is 9.59 Å². The third kappa shape index (κ3) is 3.17. The quantitative estimate of drug-likeness (QED) is 0.801. The summed E-state index contributed by atoms with van der Waals surface area (Å²) in [5.74, 6) is -0.195. The van der Waals surface area contributed by atoms with Crippen molar-refractivity contribution >= 4 is 27.5 Å². The first-order chi connectivity index (χ1) is 11.1. The van der Waals surface area contributed by atoms with Gasteiger partial charge < -0.3 is 5.32 Å². The van der Waals surface area contributed by atoms with Crippen molar-refractivity contribution in [3.63, 3.8) is 0 Å². The van der Waals surface area contributed by atoms with Crippen molar-refractivity contribution in [1.82, 2.24) is 14.9 Å². The smallest absolute Gasteiger partial charge is 0.263 e. The van der Waals surface area contributed by atoms with Gasteiger partial charge in [0.1, 0.15) is 11.4 Å². The molecule has 0 aliphatic heterocycles. The van der Waals surface area contributed by atoms with Gasteiger partial charge in [0.2, 0.25) is 5.91 Å². The van der Waals surface area contributed by atoms with Crippen molar-refractivity contribution in [3.05, 3.63) is 52.4 Å². The zero-order valence-electron chi connectivity index (χ0n) is 12.9. The maximum absolute atomic E-state index is 12.8. The van der Waals surface area contributed by atoms with Gasteiger partial charge in [0.15, 0.2) is 0 Å². The second kappa shape index (κ2) is 6.34. The third-order valence-electron chi connectivity index (χ3n) is 3.41. The normalized spacial score (nSPS) is 11.1. The Balaban J connectivity index is 2.05. The van der Waals surface area contributed by atoms with Crippen LogP contribution in [-0.2, 0) is 11.3 Å². The number of hydrogen-bond donors (Lipinski definition) is 1. The zero-order valence-corrected chi connectivity index (χ0v) is 13.8. The van der Waals surface area contributed by atoms with Crippen molar-refractivity contribution in [1.29, 1.82) is 0 Å². The molecule has 1 aromatic carbocycles. The largest absolute Gasteiger partial charge is 0.352 e. The molecule has 0 spiro atoms. The lowest BCUT2D eigenvalue weighted by atomic mass is 10.1. The molecule has 0 aliphatic rings. The predicted molar refractivity (Wildman–Crippen MR) is 92.6 cm³/mol. The molecule has 0 unspecified atom stereocenters. The van der Waals surface area contributed by atoms with E-state index in [1.54, 1.807) is 0 Å². The first kappa shape index (κ1) is 15.4. The number of carbonyl (C=O) groups excluding carboxylic acids is 1. The molecule has 2 heterocycles. The topological polar surface area (TPSA) is 64.0 Å². The van der Waals surface area contributed by atoms with E-state index in [0.717, 1.165) is 11.1 Å². The van der Waals surface area contributed by atoms with E-state index in [-0.39, 0.29) is 24.1 Å². The average molecular weight is 327 g/mol. The van der Waals surface area contributed by atoms with Crippen LogP contribution < -0.4 is 10.9 Å². The molecule has 1 N–H and O–H groups in total. The van der Waals surface area contributed by atoms with Crippen LogP contribution in [0.5, 0.6) is 0 Å². The van der Waals surface area contributed by atoms with Gasteiger partial charge in [0.25, 0.3) is 5.56 Å². The molecule has 2 aromatic heterocycles. The Morgan fingerprint density at radius 1 is 1.30 bits per heavy atom. The Morgan fingerprint density at radius 3 is 2.74 bits per heavy atom. The molecule has 0 radical (unpaired) electrons. The number of rotatable bonds is 4. The summed E-state index contributed by atoms with van der Waals surface area (Å²) in [5, 5.41) is 5.29. The van der Waals surface area contributed by atoms with Crippen LogP contribution in [0.25, 0.3) is 21.3 Å². The fourth-order valence-corrected chi connectivity index (χ4v) is 3.34. The van der Waals surface area contributed by atoms with Crippen LogP contribution >= 0.6 is 11.3 Å². The maximum atomic E-state index is 12.8. The highest BCUT2D eigenvalue weighted by Crippen LogP contribution is 2.30. The molecule has 0 saturated heterocycles. The second-order valence-corrected chi connectivity index (χ2v) is 6.45. The Bertz CT molecular complexity index is 897. The van der Waals surface area contributed by atoms with Crippen LogP contribution in [0.3, 0.4) is 0 Å². The number of thiophene rings is 1. The summed E-state index contributed by atoms with van der Waals surface area (Å²) in [7, 11) is 0. The third-order valence-corrected chi connectivity index (χ3v) is 4.30. The van der Waals surface area contributed by atoms with Crippen LogP contribution in [0.2, 0.25) is 0 Å². The van der Waals surface area contributed by atoms with Crippen molar-refractivity contribution in [2.24, 2.45) is 0 Å². The monoisotopic (exact) mass is 327 g/mol. The number of hydrogen-bond acceptors (Lipinski definition) is 4. The molecule has 118 valence electrons. The lowest BCUT2D eigenvalue weighted by Crippen LogP contribution is -2.36. The molecular formula is C17H17N3O2S. The van der Waals surface area contributed by atoms with Crippen molar-refractivity contribution < 1.29 is 4.79 Å². The van der Waals surface area contributed by atoms with E-state index in [0.29, 0.717) is 10.2 Å². The van der Waals surface area contributed by atoms with Gasteiger partial charge in [0.05, 0.1) is 11.7 Å². The number of benzene rings is 1. The highest BCUT2D eigenvalue weighted by atomic mass is 32.1. The molecule has 0 saturated carbocycles. The van der Waals surface area contributed by atoms with Crippen LogP contribution in [0.1, 0.15) is 13.8 Å². The lowest BCUT2D eigenvalue weighted by Gasteiger charge is -2.09. The average Bonchev–Trinajstić information content (AvgIpc) is 2.95. The minimum atomic E-state index is -0.195. The van der Waals surface area contributed by atoms with Gasteiger partial charge in [-0.05, 0) is 19.4 Å². The van der Waals surface area contributed by atoms with Gasteiger partial charge in [-0.2, -0.15) is 0 Å². The number of fused-ring (bicyclic) bond motifs is 1. The van der Waals surface area contributed by atoms with Gasteiger partial charge in [-0.15, -0.1) is 11.3 Å². The van der Waals surface area contributed by atoms with Crippen molar-refractivity contribution in [2.75, 3.05) is 0 Å². The summed E-state index contributed by atoms with van der Waals surface area (Å²) in [4.78, 5) is 29.7. The first-order valence-electron chi connectivity index (χ1n) is 7.37. The van der Waals surface area contributed by atoms with Gasteiger partial charge in [-0.25, -0.2) is 4.98 Å². The summed E-state index contributed by atoms with van der Waals surface area (Å²) >= 11 is 1.44. The number of carbonyl (C=O) groups is 1. The van der Waals surface area contributed by atoms with Crippen molar-refractivity contribution in [2.45, 2.75) is 26.4 Å². The second-order valence-electron chi connectivity index (χ2n) is 5.60. The first-order valence-corrected chi connectivity index (χ1v) is 8.25. The van der Waals surface area contributed by atoms with Crippen molar-refractivity contribution in [3.8, 4) is 11.1 Å². The van der Waals surface area contributed by atoms with E-state index in [1.807, 2.05) is 49.6 Å². The molecule has 3 aromatic rings. The molecule has 5 nitrogen and oxygen atoms in total. The van der Waals surface area contributed by atoms with E-state index < -0.39 is 0 Å². The van der Waals surface area contributed by atoms with Gasteiger partial charge in [-0.3, -0.25) is 14.2 Å². The molecule has 1 amide bonds. The molecule has 0 atom stereocenters. The molecule has 0 fully saturated rings. The minimum Gasteiger partial charge on any atom is -0.352 e. The number of nitrogens with one attached hydrogen (secondary N) is 1. The lowest BCUT2D eigenvalue weighted by molar-refractivity contribution is -0.122. The Morgan fingerprint density at radius 2 is 2.04 bits per heavy atom. The molecule has 0 bridgehead atoms. The van der Waals surface area contributed by atoms with E-state index in [2.05, 4.69) is 10.3 Å². The number of aromatic nitrogens is 2. The maximum Gasteiger partial charge on any atom is 0.263 e. The standard InChI is InChI=1S/C17H17N3O2S/c1-11(2)19-14(21)8-20-10-18-16-15(17(20)22)13(9-23-16)12-6-4-3-5-7-12/h3-7,9-11H,8H2,1-2H3,(H,19,21). The van der Waals surface area contributed by atoms with Gasteiger partial charge in [-0.1, -0.05) is 30.3 Å². The fourth-order valence-electron chi connectivity index (χ4n) is 2.43. The Hall–Kier alpha value is -2.47. The van der Waals surface area contributed by atoms with Crippen LogP contribution in [0.4, 0.5) is 0 Å². The summed E-state index contributed by atoms with van der Waals surface area (Å²) in [6.45, 7) is 3.74. The van der Waals surface area contributed by atoms with Gasteiger partial charge >= 0.3 is 0 Å². The summed E-state index contributed by atoms with van der Waals surface area (Å²) in [6, 6.07) is 9.77. The Labute approximate surface area is 137 Å². The number of amides is 1. The van der Waals surface area contributed by atoms with Crippen LogP contribution in [-0.4, -0.2) is 21.5 Å². The van der Waals surface area contributed by atoms with E-state index in [4.69, 9.17) is 0 Å². The van der Waals surface area contributed by atoms with E-state index >= 15 is 0 Å². The summed E-state index contributed by atoms with van der Waals surface area (Å²) in [6.07, 6.45) is 1.44. The number of nitrogens with zero attached hydrogens (tertiary/aromatic N) is 2. The molecule has 6 heteroatoms. The van der Waals surface area contributed by atoms with Gasteiger partial charge in [0, 0.05) is 17.0 Å². The highest BCUT2D eigenvalue weighted by molar-refractivity contribution is 7.17. The summed E-state index contributed by atoms with van der Waals surface area (Å²) < 4.78 is 1.36. The fraction of sp³-hybridized carbons (Fsp3) is 0.235. The molecular weight excluding hydrogens is 310 g/mol.